The number of aliphatic carboxylic acids is 1. The molecule has 0 aliphatic heterocycles. The van der Waals surface area contributed by atoms with E-state index in [-0.39, 0.29) is 18.9 Å². The van der Waals surface area contributed by atoms with Crippen LogP contribution in [0.2, 0.25) is 0 Å². The summed E-state index contributed by atoms with van der Waals surface area (Å²) in [6.45, 7) is 7.03. The van der Waals surface area contributed by atoms with Crippen LogP contribution in [0.25, 0.3) is 0 Å². The average Bonchev–Trinajstić information content (AvgIpc) is 2.75. The molecule has 14 nitrogen and oxygen atoms in total. The van der Waals surface area contributed by atoms with Gasteiger partial charge in [-0.15, -0.1) is 0 Å². The first-order chi connectivity index (χ1) is 16.2. The number of hydrogen-bond donors (Lipinski definition) is 8. The van der Waals surface area contributed by atoms with Gasteiger partial charge in [0.2, 0.25) is 23.6 Å². The van der Waals surface area contributed by atoms with Crippen LogP contribution in [0.4, 0.5) is 0 Å². The maximum absolute atomic E-state index is 12.9. The summed E-state index contributed by atoms with van der Waals surface area (Å²) >= 11 is 0. The second-order valence-corrected chi connectivity index (χ2v) is 8.73. The van der Waals surface area contributed by atoms with Crippen LogP contribution < -0.4 is 38.9 Å². The lowest BCUT2D eigenvalue weighted by Gasteiger charge is -2.27. The fourth-order valence-corrected chi connectivity index (χ4v) is 3.05. The van der Waals surface area contributed by atoms with Gasteiger partial charge < -0.3 is 44.0 Å². The van der Waals surface area contributed by atoms with Crippen LogP contribution in [0.15, 0.2) is 4.99 Å². The maximum Gasteiger partial charge on any atom is 0.326 e. The molecule has 12 N–H and O–H groups in total. The van der Waals surface area contributed by atoms with Gasteiger partial charge in [-0.25, -0.2) is 4.79 Å². The molecular formula is C21H40N8O6. The zero-order chi connectivity index (χ0) is 27.3. The molecule has 35 heavy (non-hydrogen) atoms. The maximum atomic E-state index is 12.9. The second kappa shape index (κ2) is 15.5. The standard InChI is InChI=1S/C21H40N8O6/c1-5-11(4)16(20(34)35)29-18(32)13(9-14(23)30)27-19(33)15(10(2)3)28-17(31)12(22)7-6-8-26-21(24)25/h10-13,15-16H,5-9,22H2,1-4H3,(H2,23,30)(H,27,33)(H,28,31)(H,29,32)(H,34,35)(H4,24,25,26). The lowest BCUT2D eigenvalue weighted by atomic mass is 9.98. The molecule has 0 spiro atoms. The summed E-state index contributed by atoms with van der Waals surface area (Å²) in [4.78, 5) is 65.0. The van der Waals surface area contributed by atoms with E-state index in [1.807, 2.05) is 0 Å². The molecule has 5 atom stereocenters. The largest absolute Gasteiger partial charge is 0.480 e. The van der Waals surface area contributed by atoms with Gasteiger partial charge in [0.1, 0.15) is 18.1 Å². The minimum absolute atomic E-state index is 0.0760. The fourth-order valence-electron chi connectivity index (χ4n) is 3.05. The third kappa shape index (κ3) is 12.0. The first-order valence-electron chi connectivity index (χ1n) is 11.4. The van der Waals surface area contributed by atoms with Crippen LogP contribution in [-0.2, 0) is 24.0 Å². The number of nitrogens with zero attached hydrogens (tertiary/aromatic N) is 1. The molecule has 200 valence electrons. The van der Waals surface area contributed by atoms with Crippen molar-refractivity contribution in [3.05, 3.63) is 0 Å². The number of carboxylic acids is 1. The number of carbonyl (C=O) groups excluding carboxylic acids is 4. The third-order valence-electron chi connectivity index (χ3n) is 5.37. The monoisotopic (exact) mass is 500 g/mol. The Kier molecular flexibility index (Phi) is 14.0. The number of primary amides is 1. The number of nitrogens with one attached hydrogen (secondary N) is 3. The van der Waals surface area contributed by atoms with E-state index in [1.54, 1.807) is 27.7 Å². The first-order valence-corrected chi connectivity index (χ1v) is 11.4. The highest BCUT2D eigenvalue weighted by atomic mass is 16.4. The van der Waals surface area contributed by atoms with Crippen molar-refractivity contribution in [3.8, 4) is 0 Å². The van der Waals surface area contributed by atoms with Crippen molar-refractivity contribution in [2.24, 2.45) is 39.8 Å². The number of amides is 4. The van der Waals surface area contributed by atoms with Crippen LogP contribution in [0.5, 0.6) is 0 Å². The van der Waals surface area contributed by atoms with Crippen LogP contribution in [0, 0.1) is 11.8 Å². The summed E-state index contributed by atoms with van der Waals surface area (Å²) in [5.74, 6) is -5.25. The van der Waals surface area contributed by atoms with Gasteiger partial charge in [0.05, 0.1) is 12.5 Å². The summed E-state index contributed by atoms with van der Waals surface area (Å²) in [6, 6.07) is -4.68. The molecular weight excluding hydrogens is 460 g/mol. The fraction of sp³-hybridized carbons (Fsp3) is 0.714. The van der Waals surface area contributed by atoms with Crippen molar-refractivity contribution in [1.82, 2.24) is 16.0 Å². The summed E-state index contributed by atoms with van der Waals surface area (Å²) in [5, 5.41) is 16.7. The Balaban J connectivity index is 5.37. The molecule has 0 saturated heterocycles. The Morgan fingerprint density at radius 2 is 1.46 bits per heavy atom. The molecule has 0 aliphatic rings. The van der Waals surface area contributed by atoms with Crippen LogP contribution in [0.1, 0.15) is 53.4 Å². The zero-order valence-electron chi connectivity index (χ0n) is 20.7. The van der Waals surface area contributed by atoms with E-state index in [2.05, 4.69) is 20.9 Å². The lowest BCUT2D eigenvalue weighted by molar-refractivity contribution is -0.144. The SMILES string of the molecule is CCC(C)C(NC(=O)C(CC(N)=O)NC(=O)C(NC(=O)C(N)CCCN=C(N)N)C(C)C)C(=O)O. The molecule has 0 aliphatic carbocycles. The van der Waals surface area contributed by atoms with Crippen molar-refractivity contribution in [2.45, 2.75) is 77.5 Å². The minimum Gasteiger partial charge on any atom is -0.480 e. The van der Waals surface area contributed by atoms with E-state index in [9.17, 15) is 29.1 Å². The van der Waals surface area contributed by atoms with Crippen LogP contribution in [-0.4, -0.2) is 71.4 Å². The van der Waals surface area contributed by atoms with E-state index in [4.69, 9.17) is 22.9 Å². The van der Waals surface area contributed by atoms with Gasteiger partial charge in [-0.1, -0.05) is 34.1 Å². The molecule has 0 aromatic heterocycles. The van der Waals surface area contributed by atoms with Crippen LogP contribution in [0.3, 0.4) is 0 Å². The van der Waals surface area contributed by atoms with Gasteiger partial charge in [0.25, 0.3) is 0 Å². The Labute approximate surface area is 205 Å². The molecule has 4 amide bonds. The Bertz CT molecular complexity index is 784. The van der Waals surface area contributed by atoms with E-state index in [1.165, 1.54) is 0 Å². The molecule has 0 aromatic carbocycles. The molecule has 0 heterocycles. The summed E-state index contributed by atoms with van der Waals surface area (Å²) in [5.41, 5.74) is 21.6. The highest BCUT2D eigenvalue weighted by Gasteiger charge is 2.33. The summed E-state index contributed by atoms with van der Waals surface area (Å²) in [6.07, 6.45) is 0.603. The first kappa shape index (κ1) is 31.6. The van der Waals surface area contributed by atoms with Gasteiger partial charge in [0.15, 0.2) is 5.96 Å². The van der Waals surface area contributed by atoms with Gasteiger partial charge in [-0.05, 0) is 24.7 Å². The number of rotatable bonds is 16. The van der Waals surface area contributed by atoms with Crippen molar-refractivity contribution >= 4 is 35.6 Å². The van der Waals surface area contributed by atoms with Crippen LogP contribution >= 0.6 is 0 Å². The van der Waals surface area contributed by atoms with E-state index >= 15 is 0 Å². The van der Waals surface area contributed by atoms with Crippen molar-refractivity contribution in [3.63, 3.8) is 0 Å². The number of hydrogen-bond acceptors (Lipinski definition) is 7. The molecule has 0 bridgehead atoms. The summed E-state index contributed by atoms with van der Waals surface area (Å²) < 4.78 is 0. The van der Waals surface area contributed by atoms with E-state index in [0.717, 1.165) is 0 Å². The van der Waals surface area contributed by atoms with E-state index < -0.39 is 72.0 Å². The minimum atomic E-state index is -1.43. The van der Waals surface area contributed by atoms with Crippen molar-refractivity contribution in [2.75, 3.05) is 6.54 Å². The van der Waals surface area contributed by atoms with Gasteiger partial charge in [-0.2, -0.15) is 0 Å². The normalized spacial score (nSPS) is 15.1. The number of carbonyl (C=O) groups is 5. The summed E-state index contributed by atoms with van der Waals surface area (Å²) in [7, 11) is 0. The van der Waals surface area contributed by atoms with Gasteiger partial charge in [0, 0.05) is 6.54 Å². The third-order valence-corrected chi connectivity index (χ3v) is 5.37. The number of carboxylic acid groups (broad SMARTS) is 1. The molecule has 0 fully saturated rings. The molecule has 0 aromatic rings. The van der Waals surface area contributed by atoms with Gasteiger partial charge >= 0.3 is 5.97 Å². The Morgan fingerprint density at radius 3 is 1.91 bits per heavy atom. The molecule has 0 rings (SSSR count). The second-order valence-electron chi connectivity index (χ2n) is 8.73. The molecule has 5 unspecified atom stereocenters. The van der Waals surface area contributed by atoms with Crippen molar-refractivity contribution < 1.29 is 29.1 Å². The Hall–Kier alpha value is -3.42. The number of aliphatic imine (C=N–C) groups is 1. The smallest absolute Gasteiger partial charge is 0.326 e. The number of guanidine groups is 1. The topological polar surface area (TPSA) is 258 Å². The molecule has 0 saturated carbocycles. The highest BCUT2D eigenvalue weighted by molar-refractivity contribution is 5.96. The predicted octanol–water partition coefficient (Wildman–Crippen LogP) is -2.52. The van der Waals surface area contributed by atoms with Gasteiger partial charge in [-0.3, -0.25) is 24.2 Å². The average molecular weight is 501 g/mol. The predicted molar refractivity (Wildman–Crippen MR) is 129 cm³/mol. The molecule has 14 heteroatoms. The lowest BCUT2D eigenvalue weighted by Crippen LogP contribution is -2.59. The Morgan fingerprint density at radius 1 is 0.886 bits per heavy atom. The molecule has 0 radical (unpaired) electrons. The quantitative estimate of drug-likeness (QED) is 0.0631. The highest BCUT2D eigenvalue weighted by Crippen LogP contribution is 2.10. The van der Waals surface area contributed by atoms with Crippen molar-refractivity contribution in [1.29, 1.82) is 0 Å². The van der Waals surface area contributed by atoms with E-state index in [0.29, 0.717) is 12.8 Å². The zero-order valence-corrected chi connectivity index (χ0v) is 20.7. The number of nitrogens with two attached hydrogens (primary N) is 4.